The van der Waals surface area contributed by atoms with Gasteiger partial charge >= 0.3 is 0 Å². The zero-order valence-corrected chi connectivity index (χ0v) is 12.3. The van der Waals surface area contributed by atoms with Gasteiger partial charge in [0.1, 0.15) is 4.21 Å². The molecule has 0 bridgehead atoms. The van der Waals surface area contributed by atoms with Crippen LogP contribution in [0, 0.1) is 0 Å². The Morgan fingerprint density at radius 1 is 1.12 bits per heavy atom. The SMILES string of the molecule is O=S(=O)(Nc1ccc(Br)cc1)c1ccc(Cl)s1. The third kappa shape index (κ3) is 3.22. The number of thiophene rings is 1. The van der Waals surface area contributed by atoms with Gasteiger partial charge in [-0.3, -0.25) is 4.72 Å². The van der Waals surface area contributed by atoms with Crippen molar-refractivity contribution in [1.82, 2.24) is 0 Å². The molecule has 17 heavy (non-hydrogen) atoms. The molecule has 0 saturated heterocycles. The van der Waals surface area contributed by atoms with Crippen molar-refractivity contribution >= 4 is 54.6 Å². The van der Waals surface area contributed by atoms with E-state index >= 15 is 0 Å². The normalized spacial score (nSPS) is 11.4. The number of anilines is 1. The summed E-state index contributed by atoms with van der Waals surface area (Å²) in [6, 6.07) is 9.92. The van der Waals surface area contributed by atoms with E-state index in [1.807, 2.05) is 0 Å². The van der Waals surface area contributed by atoms with E-state index in [-0.39, 0.29) is 4.21 Å². The minimum atomic E-state index is -3.54. The van der Waals surface area contributed by atoms with E-state index in [1.54, 1.807) is 30.3 Å². The van der Waals surface area contributed by atoms with Gasteiger partial charge in [-0.05, 0) is 36.4 Å². The van der Waals surface area contributed by atoms with E-state index in [9.17, 15) is 8.42 Å². The van der Waals surface area contributed by atoms with Crippen molar-refractivity contribution in [1.29, 1.82) is 0 Å². The molecule has 1 aromatic heterocycles. The van der Waals surface area contributed by atoms with Crippen LogP contribution in [0.4, 0.5) is 5.69 Å². The Balaban J connectivity index is 2.26. The van der Waals surface area contributed by atoms with Crippen LogP contribution in [0.5, 0.6) is 0 Å². The van der Waals surface area contributed by atoms with E-state index in [0.717, 1.165) is 15.8 Å². The lowest BCUT2D eigenvalue weighted by Crippen LogP contribution is -2.11. The average Bonchev–Trinajstić information content (AvgIpc) is 2.69. The lowest BCUT2D eigenvalue weighted by atomic mass is 10.3. The van der Waals surface area contributed by atoms with Gasteiger partial charge in [-0.1, -0.05) is 27.5 Å². The maximum Gasteiger partial charge on any atom is 0.271 e. The summed E-state index contributed by atoms with van der Waals surface area (Å²) in [5, 5.41) is 0. The van der Waals surface area contributed by atoms with Crippen LogP contribution in [0.3, 0.4) is 0 Å². The molecule has 0 spiro atoms. The van der Waals surface area contributed by atoms with Crippen LogP contribution in [0.2, 0.25) is 4.34 Å². The highest BCUT2D eigenvalue weighted by atomic mass is 79.9. The van der Waals surface area contributed by atoms with Gasteiger partial charge in [0, 0.05) is 10.2 Å². The second-order valence-electron chi connectivity index (χ2n) is 3.17. The lowest BCUT2D eigenvalue weighted by Gasteiger charge is -2.05. The van der Waals surface area contributed by atoms with Crippen molar-refractivity contribution in [3.05, 3.63) is 45.2 Å². The maximum atomic E-state index is 11.9. The first kappa shape index (κ1) is 12.9. The number of halogens is 2. The second-order valence-corrected chi connectivity index (χ2v) is 7.71. The van der Waals surface area contributed by atoms with Crippen LogP contribution in [0.25, 0.3) is 0 Å². The van der Waals surface area contributed by atoms with Crippen LogP contribution in [-0.4, -0.2) is 8.42 Å². The number of hydrogen-bond donors (Lipinski definition) is 1. The largest absolute Gasteiger partial charge is 0.279 e. The third-order valence-electron chi connectivity index (χ3n) is 1.91. The van der Waals surface area contributed by atoms with Crippen molar-refractivity contribution in [3.8, 4) is 0 Å². The molecule has 3 nitrogen and oxygen atoms in total. The quantitative estimate of drug-likeness (QED) is 0.908. The predicted octanol–water partition coefficient (Wildman–Crippen LogP) is 3.96. The number of nitrogens with one attached hydrogen (secondary N) is 1. The summed E-state index contributed by atoms with van der Waals surface area (Å²) in [6.45, 7) is 0. The van der Waals surface area contributed by atoms with E-state index in [4.69, 9.17) is 11.6 Å². The molecule has 0 saturated carbocycles. The van der Waals surface area contributed by atoms with Crippen molar-refractivity contribution < 1.29 is 8.42 Å². The van der Waals surface area contributed by atoms with Gasteiger partial charge in [0.2, 0.25) is 0 Å². The van der Waals surface area contributed by atoms with E-state index < -0.39 is 10.0 Å². The second kappa shape index (κ2) is 4.97. The summed E-state index contributed by atoms with van der Waals surface area (Å²) >= 11 is 10.0. The molecule has 7 heteroatoms. The molecule has 0 aliphatic heterocycles. The Hall–Kier alpha value is -0.560. The fourth-order valence-corrected chi connectivity index (χ4v) is 3.97. The molecule has 0 aliphatic rings. The Labute approximate surface area is 117 Å². The van der Waals surface area contributed by atoms with Crippen molar-refractivity contribution in [3.63, 3.8) is 0 Å². The minimum absolute atomic E-state index is 0.199. The van der Waals surface area contributed by atoms with E-state index in [2.05, 4.69) is 20.7 Å². The Kier molecular flexibility index (Phi) is 3.77. The Bertz CT molecular complexity index is 622. The van der Waals surface area contributed by atoms with E-state index in [1.165, 1.54) is 6.07 Å². The summed E-state index contributed by atoms with van der Waals surface area (Å²) in [7, 11) is -3.54. The number of benzene rings is 1. The fraction of sp³-hybridized carbons (Fsp3) is 0. The standard InChI is InChI=1S/C10H7BrClNO2S2/c11-7-1-3-8(4-2-7)13-17(14,15)10-6-5-9(12)16-10/h1-6,13H. The van der Waals surface area contributed by atoms with E-state index in [0.29, 0.717) is 10.0 Å². The first-order chi connectivity index (χ1) is 7.97. The third-order valence-corrected chi connectivity index (χ3v) is 5.54. The highest BCUT2D eigenvalue weighted by molar-refractivity contribution is 9.10. The summed E-state index contributed by atoms with van der Waals surface area (Å²) < 4.78 is 27.9. The van der Waals surface area contributed by atoms with Gasteiger partial charge in [-0.2, -0.15) is 0 Å². The number of hydrogen-bond acceptors (Lipinski definition) is 3. The summed E-state index contributed by atoms with van der Waals surface area (Å²) in [6.07, 6.45) is 0. The van der Waals surface area contributed by atoms with Gasteiger partial charge in [-0.25, -0.2) is 8.42 Å². The molecule has 0 amide bonds. The van der Waals surface area contributed by atoms with Gasteiger partial charge in [-0.15, -0.1) is 11.3 Å². The Morgan fingerprint density at radius 3 is 2.29 bits per heavy atom. The molecule has 0 aliphatic carbocycles. The fourth-order valence-electron chi connectivity index (χ4n) is 1.17. The molecular weight excluding hydrogens is 346 g/mol. The summed E-state index contributed by atoms with van der Waals surface area (Å²) in [4.78, 5) is 0. The predicted molar refractivity (Wildman–Crippen MR) is 74.3 cm³/mol. The average molecular weight is 353 g/mol. The molecule has 0 unspecified atom stereocenters. The molecule has 2 rings (SSSR count). The van der Waals surface area contributed by atoms with Crippen molar-refractivity contribution in [2.24, 2.45) is 0 Å². The Morgan fingerprint density at radius 2 is 1.76 bits per heavy atom. The minimum Gasteiger partial charge on any atom is -0.279 e. The zero-order chi connectivity index (χ0) is 12.5. The topological polar surface area (TPSA) is 46.2 Å². The summed E-state index contributed by atoms with van der Waals surface area (Å²) in [5.74, 6) is 0. The molecule has 0 atom stereocenters. The number of sulfonamides is 1. The monoisotopic (exact) mass is 351 g/mol. The van der Waals surface area contributed by atoms with Crippen LogP contribution >= 0.6 is 38.9 Å². The first-order valence-electron chi connectivity index (χ1n) is 4.51. The van der Waals surface area contributed by atoms with Gasteiger partial charge < -0.3 is 0 Å². The molecule has 2 aromatic rings. The first-order valence-corrected chi connectivity index (χ1v) is 7.98. The molecule has 1 N–H and O–H groups in total. The van der Waals surface area contributed by atoms with Gasteiger partial charge in [0.25, 0.3) is 10.0 Å². The molecular formula is C10H7BrClNO2S2. The molecule has 90 valence electrons. The van der Waals surface area contributed by atoms with Crippen LogP contribution in [-0.2, 0) is 10.0 Å². The number of rotatable bonds is 3. The molecule has 1 heterocycles. The van der Waals surface area contributed by atoms with Gasteiger partial charge in [0.05, 0.1) is 4.34 Å². The van der Waals surface area contributed by atoms with Crippen LogP contribution < -0.4 is 4.72 Å². The molecule has 0 radical (unpaired) electrons. The highest BCUT2D eigenvalue weighted by Crippen LogP contribution is 2.27. The van der Waals surface area contributed by atoms with Crippen molar-refractivity contribution in [2.75, 3.05) is 4.72 Å². The zero-order valence-electron chi connectivity index (χ0n) is 8.35. The van der Waals surface area contributed by atoms with Crippen LogP contribution in [0.15, 0.2) is 45.1 Å². The molecule has 1 aromatic carbocycles. The smallest absolute Gasteiger partial charge is 0.271 e. The maximum absolute atomic E-state index is 11.9. The summed E-state index contributed by atoms with van der Waals surface area (Å²) in [5.41, 5.74) is 0.512. The lowest BCUT2D eigenvalue weighted by molar-refractivity contribution is 0.603. The van der Waals surface area contributed by atoms with Crippen LogP contribution in [0.1, 0.15) is 0 Å². The van der Waals surface area contributed by atoms with Gasteiger partial charge in [0.15, 0.2) is 0 Å². The molecule has 0 fully saturated rings. The highest BCUT2D eigenvalue weighted by Gasteiger charge is 2.16. The van der Waals surface area contributed by atoms with Crippen molar-refractivity contribution in [2.45, 2.75) is 4.21 Å².